The second kappa shape index (κ2) is 6.73. The summed E-state index contributed by atoms with van der Waals surface area (Å²) < 4.78 is 4.99. The molecule has 0 aliphatic rings. The number of ether oxygens (including phenoxy) is 1. The number of primary amides is 1. The molecule has 1 atom stereocenters. The minimum atomic E-state index is -0.936. The first-order valence-corrected chi connectivity index (χ1v) is 5.45. The highest BCUT2D eigenvalue weighted by Gasteiger charge is 2.15. The molecule has 0 bridgehead atoms. The van der Waals surface area contributed by atoms with Crippen molar-refractivity contribution in [2.45, 2.75) is 19.1 Å². The van der Waals surface area contributed by atoms with E-state index in [9.17, 15) is 9.59 Å². The number of nitrogens with two attached hydrogens (primary N) is 2. The zero-order chi connectivity index (χ0) is 13.5. The van der Waals surface area contributed by atoms with Crippen molar-refractivity contribution in [2.24, 2.45) is 11.5 Å². The standard InChI is InChI=1S/C12H17N3O3/c1-18-7-8-3-2-4-9(5-8)15-12(17)10(13)6-11(14)16/h2-5,10H,6-7,13H2,1H3,(H2,14,16)(H,15,17). The van der Waals surface area contributed by atoms with Gasteiger partial charge in [0.2, 0.25) is 11.8 Å². The molecule has 0 aromatic heterocycles. The normalized spacial score (nSPS) is 11.9. The summed E-state index contributed by atoms with van der Waals surface area (Å²) in [6.45, 7) is 0.455. The Labute approximate surface area is 105 Å². The van der Waals surface area contributed by atoms with Crippen LogP contribution in [-0.2, 0) is 20.9 Å². The molecule has 1 unspecified atom stereocenters. The van der Waals surface area contributed by atoms with Crippen LogP contribution < -0.4 is 16.8 Å². The Morgan fingerprint density at radius 1 is 1.44 bits per heavy atom. The van der Waals surface area contributed by atoms with E-state index in [0.717, 1.165) is 5.56 Å². The van der Waals surface area contributed by atoms with Gasteiger partial charge in [0.15, 0.2) is 0 Å². The van der Waals surface area contributed by atoms with Gasteiger partial charge < -0.3 is 21.5 Å². The zero-order valence-corrected chi connectivity index (χ0v) is 10.2. The van der Waals surface area contributed by atoms with Gasteiger partial charge in [-0.15, -0.1) is 0 Å². The predicted molar refractivity (Wildman–Crippen MR) is 67.6 cm³/mol. The summed E-state index contributed by atoms with van der Waals surface area (Å²) in [5.41, 5.74) is 12.0. The van der Waals surface area contributed by atoms with Crippen LogP contribution >= 0.6 is 0 Å². The number of carbonyl (C=O) groups excluding carboxylic acids is 2. The van der Waals surface area contributed by atoms with Crippen LogP contribution in [0, 0.1) is 0 Å². The van der Waals surface area contributed by atoms with E-state index in [1.165, 1.54) is 0 Å². The van der Waals surface area contributed by atoms with Crippen molar-refractivity contribution in [2.75, 3.05) is 12.4 Å². The van der Waals surface area contributed by atoms with Crippen LogP contribution in [0.3, 0.4) is 0 Å². The van der Waals surface area contributed by atoms with Gasteiger partial charge in [-0.3, -0.25) is 9.59 Å². The minimum Gasteiger partial charge on any atom is -0.380 e. The lowest BCUT2D eigenvalue weighted by Gasteiger charge is -2.11. The molecule has 0 saturated heterocycles. The van der Waals surface area contributed by atoms with Crippen molar-refractivity contribution >= 4 is 17.5 Å². The van der Waals surface area contributed by atoms with E-state index in [2.05, 4.69) is 5.32 Å². The molecule has 0 fully saturated rings. The fraction of sp³-hybridized carbons (Fsp3) is 0.333. The van der Waals surface area contributed by atoms with E-state index >= 15 is 0 Å². The molecule has 1 aromatic carbocycles. The van der Waals surface area contributed by atoms with E-state index in [-0.39, 0.29) is 6.42 Å². The Balaban J connectivity index is 2.63. The quantitative estimate of drug-likeness (QED) is 0.660. The fourth-order valence-corrected chi connectivity index (χ4v) is 1.45. The molecule has 0 aliphatic heterocycles. The number of rotatable bonds is 6. The van der Waals surface area contributed by atoms with Crippen LogP contribution in [0.2, 0.25) is 0 Å². The molecule has 0 aliphatic carbocycles. The molecule has 1 aromatic rings. The second-order valence-corrected chi connectivity index (χ2v) is 3.90. The lowest BCUT2D eigenvalue weighted by molar-refractivity contribution is -0.123. The van der Waals surface area contributed by atoms with Crippen LogP contribution in [-0.4, -0.2) is 25.0 Å². The highest BCUT2D eigenvalue weighted by atomic mass is 16.5. The highest BCUT2D eigenvalue weighted by molar-refractivity contribution is 5.97. The number of anilines is 1. The van der Waals surface area contributed by atoms with Gasteiger partial charge in [0.05, 0.1) is 19.1 Å². The number of nitrogens with one attached hydrogen (secondary N) is 1. The maximum absolute atomic E-state index is 11.6. The first-order chi connectivity index (χ1) is 8.52. The molecule has 0 heterocycles. The number of hydrogen-bond donors (Lipinski definition) is 3. The summed E-state index contributed by atoms with van der Waals surface area (Å²) in [5.74, 6) is -1.05. The van der Waals surface area contributed by atoms with Crippen molar-refractivity contribution in [3.63, 3.8) is 0 Å². The van der Waals surface area contributed by atoms with E-state index in [0.29, 0.717) is 12.3 Å². The van der Waals surface area contributed by atoms with E-state index in [1.54, 1.807) is 25.3 Å². The van der Waals surface area contributed by atoms with Gasteiger partial charge in [-0.05, 0) is 17.7 Å². The van der Waals surface area contributed by atoms with Crippen molar-refractivity contribution in [1.82, 2.24) is 0 Å². The lowest BCUT2D eigenvalue weighted by Crippen LogP contribution is -2.39. The van der Waals surface area contributed by atoms with Crippen molar-refractivity contribution in [3.8, 4) is 0 Å². The smallest absolute Gasteiger partial charge is 0.241 e. The first kappa shape index (κ1) is 14.1. The Morgan fingerprint density at radius 2 is 2.17 bits per heavy atom. The Kier molecular flexibility index (Phi) is 5.29. The number of benzene rings is 1. The Morgan fingerprint density at radius 3 is 2.78 bits per heavy atom. The van der Waals surface area contributed by atoms with Crippen molar-refractivity contribution in [3.05, 3.63) is 29.8 Å². The maximum Gasteiger partial charge on any atom is 0.241 e. The monoisotopic (exact) mass is 251 g/mol. The van der Waals surface area contributed by atoms with Crippen LogP contribution in [0.4, 0.5) is 5.69 Å². The molecule has 0 spiro atoms. The van der Waals surface area contributed by atoms with Crippen LogP contribution in [0.15, 0.2) is 24.3 Å². The van der Waals surface area contributed by atoms with E-state index in [1.807, 2.05) is 6.07 Å². The summed E-state index contributed by atoms with van der Waals surface area (Å²) in [4.78, 5) is 22.3. The average molecular weight is 251 g/mol. The number of amides is 2. The maximum atomic E-state index is 11.6. The van der Waals surface area contributed by atoms with Crippen LogP contribution in [0.1, 0.15) is 12.0 Å². The molecule has 1 rings (SSSR count). The molecule has 18 heavy (non-hydrogen) atoms. The fourth-order valence-electron chi connectivity index (χ4n) is 1.45. The van der Waals surface area contributed by atoms with E-state index < -0.39 is 17.9 Å². The molecular weight excluding hydrogens is 234 g/mol. The third-order valence-corrected chi connectivity index (χ3v) is 2.26. The molecule has 2 amide bonds. The van der Waals surface area contributed by atoms with Crippen molar-refractivity contribution < 1.29 is 14.3 Å². The summed E-state index contributed by atoms with van der Waals surface area (Å²) in [7, 11) is 1.59. The van der Waals surface area contributed by atoms with Gasteiger partial charge in [-0.25, -0.2) is 0 Å². The van der Waals surface area contributed by atoms with Gasteiger partial charge >= 0.3 is 0 Å². The molecule has 0 radical (unpaired) electrons. The topological polar surface area (TPSA) is 107 Å². The van der Waals surface area contributed by atoms with Gasteiger partial charge in [-0.1, -0.05) is 12.1 Å². The third-order valence-electron chi connectivity index (χ3n) is 2.26. The van der Waals surface area contributed by atoms with Gasteiger partial charge in [0.25, 0.3) is 0 Å². The zero-order valence-electron chi connectivity index (χ0n) is 10.2. The number of methoxy groups -OCH3 is 1. The summed E-state index contributed by atoms with van der Waals surface area (Å²) in [6, 6.07) is 6.24. The number of carbonyl (C=O) groups is 2. The summed E-state index contributed by atoms with van der Waals surface area (Å²) in [5, 5.41) is 2.62. The van der Waals surface area contributed by atoms with E-state index in [4.69, 9.17) is 16.2 Å². The molecule has 5 N–H and O–H groups in total. The lowest BCUT2D eigenvalue weighted by atomic mass is 10.1. The Bertz CT molecular complexity index is 434. The highest BCUT2D eigenvalue weighted by Crippen LogP contribution is 2.11. The average Bonchev–Trinajstić information content (AvgIpc) is 2.29. The largest absolute Gasteiger partial charge is 0.380 e. The van der Waals surface area contributed by atoms with Gasteiger partial charge in [0.1, 0.15) is 0 Å². The first-order valence-electron chi connectivity index (χ1n) is 5.45. The third kappa shape index (κ3) is 4.52. The van der Waals surface area contributed by atoms with Crippen molar-refractivity contribution in [1.29, 1.82) is 0 Å². The molecule has 0 saturated carbocycles. The minimum absolute atomic E-state index is 0.177. The molecular formula is C12H17N3O3. The SMILES string of the molecule is COCc1cccc(NC(=O)C(N)CC(N)=O)c1. The van der Waals surface area contributed by atoms with Gasteiger partial charge in [-0.2, -0.15) is 0 Å². The molecule has 6 heteroatoms. The van der Waals surface area contributed by atoms with Crippen LogP contribution in [0.5, 0.6) is 0 Å². The summed E-state index contributed by atoms with van der Waals surface area (Å²) >= 11 is 0. The molecule has 98 valence electrons. The molecule has 6 nitrogen and oxygen atoms in total. The Hall–Kier alpha value is -1.92. The van der Waals surface area contributed by atoms with Gasteiger partial charge in [0, 0.05) is 12.8 Å². The van der Waals surface area contributed by atoms with Crippen LogP contribution in [0.25, 0.3) is 0 Å². The summed E-state index contributed by atoms with van der Waals surface area (Å²) in [6.07, 6.45) is -0.177. The second-order valence-electron chi connectivity index (χ2n) is 3.90. The predicted octanol–water partition coefficient (Wildman–Crippen LogP) is -0.0258. The number of hydrogen-bond acceptors (Lipinski definition) is 4.